The fourth-order valence-corrected chi connectivity index (χ4v) is 6.93. The van der Waals surface area contributed by atoms with E-state index in [1.165, 1.54) is 0 Å². The minimum atomic E-state index is -0.712. The van der Waals surface area contributed by atoms with Crippen LogP contribution in [-0.2, 0) is 4.79 Å². The second-order valence-electron chi connectivity index (χ2n) is 4.46. The van der Waals surface area contributed by atoms with Gasteiger partial charge in [-0.2, -0.15) is 0 Å². The third-order valence-electron chi connectivity index (χ3n) is 3.80. The van der Waals surface area contributed by atoms with Crippen molar-refractivity contribution in [3.63, 3.8) is 0 Å². The predicted molar refractivity (Wildman–Crippen MR) is 56.1 cm³/mol. The van der Waals surface area contributed by atoms with Crippen LogP contribution in [0, 0.1) is 17.8 Å². The van der Waals surface area contributed by atoms with Crippen LogP contribution in [0.25, 0.3) is 0 Å². The van der Waals surface area contributed by atoms with Gasteiger partial charge in [-0.05, 0) is 18.8 Å². The van der Waals surface area contributed by atoms with E-state index < -0.39 is 5.97 Å². The Kier molecular flexibility index (Phi) is 1.89. The van der Waals surface area contributed by atoms with Crippen molar-refractivity contribution in [3.8, 4) is 0 Å². The molecule has 0 aromatic rings. The molecule has 0 bridgehead atoms. The summed E-state index contributed by atoms with van der Waals surface area (Å²) in [5, 5.41) is 18.8. The molecule has 3 nitrogen and oxygen atoms in total. The van der Waals surface area contributed by atoms with Crippen LogP contribution in [0.15, 0.2) is 0 Å². The van der Waals surface area contributed by atoms with Gasteiger partial charge in [-0.1, -0.05) is 21.6 Å². The number of aliphatic carboxylic acids is 1. The van der Waals surface area contributed by atoms with Gasteiger partial charge in [-0.3, -0.25) is 4.79 Å². The molecule has 2 aliphatic carbocycles. The summed E-state index contributed by atoms with van der Waals surface area (Å²) in [7, 11) is 3.65. The molecule has 5 atom stereocenters. The lowest BCUT2D eigenvalue weighted by Crippen LogP contribution is -2.28. The lowest BCUT2D eigenvalue weighted by atomic mass is 9.95. The van der Waals surface area contributed by atoms with Gasteiger partial charge < -0.3 is 10.2 Å². The number of fused-ring (bicyclic) bond motifs is 2. The Balaban J connectivity index is 1.87. The van der Waals surface area contributed by atoms with Crippen molar-refractivity contribution in [2.45, 2.75) is 23.7 Å². The minimum absolute atomic E-state index is 0.0544. The average Bonchev–Trinajstić information content (AvgIpc) is 2.66. The molecule has 3 aliphatic rings. The zero-order valence-electron chi connectivity index (χ0n) is 7.55. The highest BCUT2D eigenvalue weighted by Crippen LogP contribution is 2.71. The first-order valence-electron chi connectivity index (χ1n) is 4.87. The minimum Gasteiger partial charge on any atom is -0.481 e. The average molecular weight is 232 g/mol. The van der Waals surface area contributed by atoms with Crippen LogP contribution in [0.3, 0.4) is 0 Å². The van der Waals surface area contributed by atoms with Crippen molar-refractivity contribution in [2.75, 3.05) is 5.75 Å². The normalized spacial score (nSPS) is 54.9. The zero-order chi connectivity index (χ0) is 9.92. The summed E-state index contributed by atoms with van der Waals surface area (Å²) < 4.78 is 0.0950. The maximum atomic E-state index is 10.9. The van der Waals surface area contributed by atoms with Gasteiger partial charge in [0.15, 0.2) is 0 Å². The van der Waals surface area contributed by atoms with E-state index >= 15 is 0 Å². The first-order valence-corrected chi connectivity index (χ1v) is 7.19. The standard InChI is InChI=1S/C9H12O3S2/c10-4-3-9(1-2-13-14-9)7-5(4)6(7)8(11)12/h4-7,10H,1-3H2,(H,11,12). The number of rotatable bonds is 1. The van der Waals surface area contributed by atoms with Crippen LogP contribution in [-0.4, -0.2) is 32.8 Å². The van der Waals surface area contributed by atoms with Crippen molar-refractivity contribution in [1.82, 2.24) is 0 Å². The number of carboxylic acids is 1. The van der Waals surface area contributed by atoms with E-state index in [1.807, 2.05) is 21.6 Å². The molecule has 2 N–H and O–H groups in total. The van der Waals surface area contributed by atoms with Crippen molar-refractivity contribution in [3.05, 3.63) is 0 Å². The number of carbonyl (C=O) groups is 1. The summed E-state index contributed by atoms with van der Waals surface area (Å²) in [6, 6.07) is 0. The van der Waals surface area contributed by atoms with Gasteiger partial charge in [0, 0.05) is 16.4 Å². The third kappa shape index (κ3) is 1.03. The maximum absolute atomic E-state index is 10.9. The Labute approximate surface area is 90.0 Å². The van der Waals surface area contributed by atoms with Crippen molar-refractivity contribution in [2.24, 2.45) is 17.8 Å². The van der Waals surface area contributed by atoms with E-state index in [1.54, 1.807) is 0 Å². The third-order valence-corrected chi connectivity index (χ3v) is 7.11. The van der Waals surface area contributed by atoms with E-state index in [-0.39, 0.29) is 28.6 Å². The van der Waals surface area contributed by atoms with Gasteiger partial charge in [-0.25, -0.2) is 0 Å². The van der Waals surface area contributed by atoms with Gasteiger partial charge in [0.05, 0.1) is 12.0 Å². The van der Waals surface area contributed by atoms with Crippen molar-refractivity contribution in [1.29, 1.82) is 0 Å². The molecule has 3 rings (SSSR count). The highest BCUT2D eigenvalue weighted by atomic mass is 33.1. The first-order chi connectivity index (χ1) is 6.66. The van der Waals surface area contributed by atoms with Crippen LogP contribution >= 0.6 is 21.6 Å². The van der Waals surface area contributed by atoms with E-state index in [2.05, 4.69) is 0 Å². The number of hydrogen-bond donors (Lipinski definition) is 2. The largest absolute Gasteiger partial charge is 0.481 e. The monoisotopic (exact) mass is 232 g/mol. The van der Waals surface area contributed by atoms with E-state index in [4.69, 9.17) is 5.11 Å². The van der Waals surface area contributed by atoms with Crippen LogP contribution in [0.4, 0.5) is 0 Å². The fourth-order valence-electron chi connectivity index (χ4n) is 3.21. The van der Waals surface area contributed by atoms with Crippen LogP contribution in [0.1, 0.15) is 12.8 Å². The predicted octanol–water partition coefficient (Wildman–Crippen LogP) is 1.22. The highest BCUT2D eigenvalue weighted by Gasteiger charge is 2.72. The topological polar surface area (TPSA) is 57.5 Å². The Bertz CT molecular complexity index is 288. The summed E-state index contributed by atoms with van der Waals surface area (Å²) in [6.45, 7) is 0. The molecule has 0 aromatic carbocycles. The quantitative estimate of drug-likeness (QED) is 0.666. The second-order valence-corrected chi connectivity index (χ2v) is 7.29. The Hall–Kier alpha value is 0.130. The molecule has 5 unspecified atom stereocenters. The van der Waals surface area contributed by atoms with Gasteiger partial charge in [-0.15, -0.1) is 0 Å². The van der Waals surface area contributed by atoms with E-state index in [0.29, 0.717) is 0 Å². The summed E-state index contributed by atoms with van der Waals surface area (Å²) in [4.78, 5) is 10.9. The Morgan fingerprint density at radius 2 is 2.29 bits per heavy atom. The van der Waals surface area contributed by atoms with Gasteiger partial charge >= 0.3 is 5.97 Å². The molecule has 1 heterocycles. The molecular formula is C9H12O3S2. The summed E-state index contributed by atoms with van der Waals surface area (Å²) >= 11 is 0. The van der Waals surface area contributed by atoms with Gasteiger partial charge in [0.2, 0.25) is 0 Å². The van der Waals surface area contributed by atoms with Crippen LogP contribution in [0.5, 0.6) is 0 Å². The van der Waals surface area contributed by atoms with E-state index in [0.717, 1.165) is 18.6 Å². The second kappa shape index (κ2) is 2.83. The number of hydrogen-bond acceptors (Lipinski definition) is 4. The van der Waals surface area contributed by atoms with Crippen molar-refractivity contribution < 1.29 is 15.0 Å². The number of aliphatic hydroxyl groups is 1. The summed E-state index contributed by atoms with van der Waals surface area (Å²) in [6.07, 6.45) is 1.51. The molecule has 2 saturated carbocycles. The molecule has 1 spiro atoms. The smallest absolute Gasteiger partial charge is 0.307 e. The highest BCUT2D eigenvalue weighted by molar-refractivity contribution is 8.77. The molecular weight excluding hydrogens is 220 g/mol. The molecule has 0 amide bonds. The zero-order valence-corrected chi connectivity index (χ0v) is 9.18. The van der Waals surface area contributed by atoms with Crippen molar-refractivity contribution >= 4 is 27.6 Å². The van der Waals surface area contributed by atoms with Crippen LogP contribution < -0.4 is 0 Å². The molecule has 0 aromatic heterocycles. The summed E-state index contributed by atoms with van der Waals surface area (Å²) in [5.74, 6) is 0.432. The Morgan fingerprint density at radius 3 is 2.79 bits per heavy atom. The Morgan fingerprint density at radius 1 is 1.50 bits per heavy atom. The lowest BCUT2D eigenvalue weighted by Gasteiger charge is -2.24. The molecule has 3 fully saturated rings. The maximum Gasteiger partial charge on any atom is 0.307 e. The molecule has 0 radical (unpaired) electrons. The first kappa shape index (κ1) is 9.36. The molecule has 78 valence electrons. The number of aliphatic hydroxyl groups excluding tert-OH is 1. The SMILES string of the molecule is O=C(O)C1C2C(O)CC3(CCSS3)C12. The molecule has 1 aliphatic heterocycles. The fraction of sp³-hybridized carbons (Fsp3) is 0.889. The molecule has 5 heteroatoms. The van der Waals surface area contributed by atoms with Crippen LogP contribution in [0.2, 0.25) is 0 Å². The summed E-state index contributed by atoms with van der Waals surface area (Å²) in [5.41, 5.74) is 0. The van der Waals surface area contributed by atoms with Gasteiger partial charge in [0.25, 0.3) is 0 Å². The lowest BCUT2D eigenvalue weighted by molar-refractivity contribution is -0.140. The van der Waals surface area contributed by atoms with Gasteiger partial charge in [0.1, 0.15) is 0 Å². The van der Waals surface area contributed by atoms with E-state index in [9.17, 15) is 9.90 Å². The molecule has 14 heavy (non-hydrogen) atoms. The molecule has 1 saturated heterocycles. The number of carboxylic acid groups (broad SMARTS) is 1.